The third kappa shape index (κ3) is 4.24. The lowest BCUT2D eigenvalue weighted by molar-refractivity contribution is 0.748. The Morgan fingerprint density at radius 2 is 1.73 bits per heavy atom. The summed E-state index contributed by atoms with van der Waals surface area (Å²) < 4.78 is 3.44. The van der Waals surface area contributed by atoms with Crippen LogP contribution < -0.4 is 5.43 Å². The van der Waals surface area contributed by atoms with Crippen LogP contribution >= 0.6 is 45.8 Å². The van der Waals surface area contributed by atoms with E-state index in [-0.39, 0.29) is 0 Å². The zero-order valence-electron chi connectivity index (χ0n) is 14.4. The molecule has 134 valence electrons. The molecule has 26 heavy (non-hydrogen) atoms. The third-order valence-corrected chi connectivity index (χ3v) is 5.59. The van der Waals surface area contributed by atoms with Crippen molar-refractivity contribution in [3.05, 3.63) is 84.7 Å². The highest BCUT2D eigenvalue weighted by atomic mass is 127. The number of hydrogen-bond acceptors (Lipinski definition) is 2. The Kier molecular flexibility index (Phi) is 6.27. The van der Waals surface area contributed by atoms with Crippen LogP contribution in [0.25, 0.3) is 5.69 Å². The van der Waals surface area contributed by atoms with Crippen molar-refractivity contribution in [1.82, 2.24) is 9.99 Å². The van der Waals surface area contributed by atoms with E-state index in [1.807, 2.05) is 24.4 Å². The van der Waals surface area contributed by atoms with E-state index in [0.29, 0.717) is 16.6 Å². The van der Waals surface area contributed by atoms with E-state index in [2.05, 4.69) is 81.9 Å². The number of halogens is 3. The summed E-state index contributed by atoms with van der Waals surface area (Å²) in [4.78, 5) is 0. The lowest BCUT2D eigenvalue weighted by Crippen LogP contribution is -2.07. The van der Waals surface area contributed by atoms with Gasteiger partial charge >= 0.3 is 0 Å². The van der Waals surface area contributed by atoms with Crippen molar-refractivity contribution in [2.45, 2.75) is 20.4 Å². The van der Waals surface area contributed by atoms with Gasteiger partial charge in [0.1, 0.15) is 0 Å². The first-order valence-corrected chi connectivity index (χ1v) is 9.94. The summed E-state index contributed by atoms with van der Waals surface area (Å²) in [5, 5.41) is 5.61. The van der Waals surface area contributed by atoms with Crippen molar-refractivity contribution in [2.24, 2.45) is 5.10 Å². The molecule has 0 bridgehead atoms. The maximum absolute atomic E-state index is 6.17. The van der Waals surface area contributed by atoms with Gasteiger partial charge in [-0.3, -0.25) is 0 Å². The van der Waals surface area contributed by atoms with Crippen LogP contribution in [0.2, 0.25) is 10.0 Å². The van der Waals surface area contributed by atoms with Crippen molar-refractivity contribution < 1.29 is 0 Å². The Balaban J connectivity index is 1.75. The summed E-state index contributed by atoms with van der Waals surface area (Å²) in [7, 11) is 0. The summed E-state index contributed by atoms with van der Waals surface area (Å²) in [5.74, 6) is 0. The van der Waals surface area contributed by atoms with Crippen molar-refractivity contribution in [3.8, 4) is 5.69 Å². The fourth-order valence-corrected chi connectivity index (χ4v) is 3.74. The number of nitrogens with one attached hydrogen (secondary N) is 1. The molecule has 3 rings (SSSR count). The van der Waals surface area contributed by atoms with Crippen LogP contribution in [-0.4, -0.2) is 10.8 Å². The highest BCUT2D eigenvalue weighted by Crippen LogP contribution is 2.24. The minimum Gasteiger partial charge on any atom is -0.318 e. The summed E-state index contributed by atoms with van der Waals surface area (Å²) in [6.07, 6.45) is 1.83. The zero-order chi connectivity index (χ0) is 18.7. The first kappa shape index (κ1) is 19.3. The molecule has 0 saturated heterocycles. The van der Waals surface area contributed by atoms with Crippen LogP contribution in [0.15, 0.2) is 53.6 Å². The predicted molar refractivity (Wildman–Crippen MR) is 119 cm³/mol. The topological polar surface area (TPSA) is 29.3 Å². The van der Waals surface area contributed by atoms with Crippen molar-refractivity contribution in [3.63, 3.8) is 0 Å². The summed E-state index contributed by atoms with van der Waals surface area (Å²) in [6, 6.07) is 16.1. The van der Waals surface area contributed by atoms with Gasteiger partial charge in [0.05, 0.1) is 12.8 Å². The SMILES string of the molecule is Cc1cc(/C=N\NCc2c(Cl)cccc2Cl)c(C)n1-c1ccc(I)cc1. The molecular weight excluding hydrogens is 480 g/mol. The van der Waals surface area contributed by atoms with Gasteiger partial charge in [0.2, 0.25) is 0 Å². The number of benzene rings is 2. The minimum atomic E-state index is 0.477. The largest absolute Gasteiger partial charge is 0.318 e. The lowest BCUT2D eigenvalue weighted by Gasteiger charge is -2.09. The fraction of sp³-hybridized carbons (Fsp3) is 0.150. The Hall–Kier alpha value is -1.50. The number of aryl methyl sites for hydroxylation is 1. The Morgan fingerprint density at radius 1 is 1.08 bits per heavy atom. The maximum Gasteiger partial charge on any atom is 0.0609 e. The average molecular weight is 498 g/mol. The number of rotatable bonds is 5. The number of hydrazone groups is 1. The van der Waals surface area contributed by atoms with E-state index in [0.717, 1.165) is 22.5 Å². The second-order valence-corrected chi connectivity index (χ2v) is 7.99. The molecule has 0 aliphatic rings. The van der Waals surface area contributed by atoms with Gasteiger partial charge < -0.3 is 9.99 Å². The third-order valence-electron chi connectivity index (χ3n) is 4.17. The van der Waals surface area contributed by atoms with Gasteiger partial charge in [-0.15, -0.1) is 0 Å². The molecule has 3 aromatic rings. The number of aromatic nitrogens is 1. The number of hydrogen-bond donors (Lipinski definition) is 1. The molecule has 3 nitrogen and oxygen atoms in total. The summed E-state index contributed by atoms with van der Waals surface area (Å²) >= 11 is 14.7. The summed E-state index contributed by atoms with van der Waals surface area (Å²) in [5.41, 5.74) is 8.40. The molecule has 0 aliphatic carbocycles. The van der Waals surface area contributed by atoms with E-state index in [1.54, 1.807) is 0 Å². The normalized spacial score (nSPS) is 11.3. The van der Waals surface area contributed by atoms with Crippen LogP contribution in [0, 0.1) is 17.4 Å². The lowest BCUT2D eigenvalue weighted by atomic mass is 10.2. The molecule has 6 heteroatoms. The van der Waals surface area contributed by atoms with E-state index in [9.17, 15) is 0 Å². The first-order chi connectivity index (χ1) is 12.5. The molecule has 0 amide bonds. The van der Waals surface area contributed by atoms with Crippen LogP contribution in [0.3, 0.4) is 0 Å². The van der Waals surface area contributed by atoms with Crippen LogP contribution in [0.4, 0.5) is 0 Å². The first-order valence-electron chi connectivity index (χ1n) is 8.11. The molecule has 0 fully saturated rings. The monoisotopic (exact) mass is 497 g/mol. The second-order valence-electron chi connectivity index (χ2n) is 5.93. The highest BCUT2D eigenvalue weighted by molar-refractivity contribution is 14.1. The van der Waals surface area contributed by atoms with E-state index in [1.165, 1.54) is 9.26 Å². The highest BCUT2D eigenvalue weighted by Gasteiger charge is 2.09. The molecule has 0 saturated carbocycles. The van der Waals surface area contributed by atoms with Crippen molar-refractivity contribution in [2.75, 3.05) is 0 Å². The minimum absolute atomic E-state index is 0.477. The fourth-order valence-electron chi connectivity index (χ4n) is 2.85. The molecule has 2 aromatic carbocycles. The Labute approximate surface area is 177 Å². The van der Waals surface area contributed by atoms with Crippen LogP contribution in [-0.2, 0) is 6.54 Å². The average Bonchev–Trinajstić information content (AvgIpc) is 2.89. The van der Waals surface area contributed by atoms with Gasteiger partial charge in [0.25, 0.3) is 0 Å². The van der Waals surface area contributed by atoms with Gasteiger partial charge in [-0.2, -0.15) is 5.10 Å². The molecule has 1 N–H and O–H groups in total. The van der Waals surface area contributed by atoms with E-state index < -0.39 is 0 Å². The standard InChI is InChI=1S/C20H18Cl2IN3/c1-13-10-15(14(2)26(13)17-8-6-16(23)7-9-17)11-24-25-12-18-19(21)4-3-5-20(18)22/h3-11,25H,12H2,1-2H3/b24-11-. The molecule has 0 atom stereocenters. The van der Waals surface area contributed by atoms with Gasteiger partial charge in [0, 0.05) is 41.8 Å². The quantitative estimate of drug-likeness (QED) is 0.256. The van der Waals surface area contributed by atoms with Crippen molar-refractivity contribution in [1.29, 1.82) is 0 Å². The van der Waals surface area contributed by atoms with Crippen molar-refractivity contribution >= 4 is 52.0 Å². The molecule has 1 aromatic heterocycles. The van der Waals surface area contributed by atoms with Gasteiger partial charge in [-0.1, -0.05) is 29.3 Å². The second kappa shape index (κ2) is 8.46. The molecule has 0 aliphatic heterocycles. The van der Waals surface area contributed by atoms with Gasteiger partial charge in [-0.05, 0) is 78.9 Å². The smallest absolute Gasteiger partial charge is 0.0609 e. The summed E-state index contributed by atoms with van der Waals surface area (Å²) in [6.45, 7) is 4.67. The van der Waals surface area contributed by atoms with E-state index in [4.69, 9.17) is 23.2 Å². The molecule has 0 unspecified atom stereocenters. The van der Waals surface area contributed by atoms with Gasteiger partial charge in [-0.25, -0.2) is 0 Å². The Morgan fingerprint density at radius 3 is 2.38 bits per heavy atom. The number of nitrogens with zero attached hydrogens (tertiary/aromatic N) is 2. The van der Waals surface area contributed by atoms with Gasteiger partial charge in [0.15, 0.2) is 0 Å². The van der Waals surface area contributed by atoms with Crippen LogP contribution in [0.1, 0.15) is 22.5 Å². The van der Waals surface area contributed by atoms with Crippen LogP contribution in [0.5, 0.6) is 0 Å². The molecule has 0 spiro atoms. The Bertz CT molecular complexity index is 926. The zero-order valence-corrected chi connectivity index (χ0v) is 18.1. The van der Waals surface area contributed by atoms with E-state index >= 15 is 0 Å². The molecule has 0 radical (unpaired) electrons. The molecular formula is C20H18Cl2IN3. The molecule has 1 heterocycles. The maximum atomic E-state index is 6.17. The predicted octanol–water partition coefficient (Wildman–Crippen LogP) is 6.13.